The minimum absolute atomic E-state index is 0.00645. The lowest BCUT2D eigenvalue weighted by atomic mass is 9.97. The Labute approximate surface area is 143 Å². The SMILES string of the molecule is CC[C@@H](C)NC(=O)CCNC(=O)[C@@H]1CCCN(c2ncccn2)C1. The van der Waals surface area contributed by atoms with Gasteiger partial charge in [0.15, 0.2) is 0 Å². The molecule has 2 rings (SSSR count). The standard InChI is InChI=1S/C17H27N5O2/c1-3-13(2)21-15(23)7-10-18-16(24)14-6-4-11-22(12-14)17-19-8-5-9-20-17/h5,8-9,13-14H,3-4,6-7,10-12H2,1-2H3,(H,18,24)(H,21,23)/t13-,14-/m1/s1. The summed E-state index contributed by atoms with van der Waals surface area (Å²) in [4.78, 5) is 34.6. The molecule has 2 atom stereocenters. The number of aromatic nitrogens is 2. The van der Waals surface area contributed by atoms with E-state index >= 15 is 0 Å². The van der Waals surface area contributed by atoms with E-state index in [4.69, 9.17) is 0 Å². The van der Waals surface area contributed by atoms with Crippen molar-refractivity contribution in [3.63, 3.8) is 0 Å². The van der Waals surface area contributed by atoms with Crippen LogP contribution in [0.25, 0.3) is 0 Å². The van der Waals surface area contributed by atoms with Gasteiger partial charge in [0.1, 0.15) is 0 Å². The van der Waals surface area contributed by atoms with Crippen molar-refractivity contribution in [3.05, 3.63) is 18.5 Å². The molecule has 132 valence electrons. The third-order valence-electron chi connectivity index (χ3n) is 4.30. The second-order valence-corrected chi connectivity index (χ2v) is 6.25. The molecule has 24 heavy (non-hydrogen) atoms. The van der Waals surface area contributed by atoms with Crippen LogP contribution in [0.5, 0.6) is 0 Å². The van der Waals surface area contributed by atoms with E-state index in [0.717, 1.165) is 25.8 Å². The summed E-state index contributed by atoms with van der Waals surface area (Å²) in [6, 6.07) is 1.95. The van der Waals surface area contributed by atoms with Gasteiger partial charge in [-0.05, 0) is 32.3 Å². The fourth-order valence-electron chi connectivity index (χ4n) is 2.72. The molecule has 7 nitrogen and oxygen atoms in total. The van der Waals surface area contributed by atoms with E-state index in [-0.39, 0.29) is 23.8 Å². The second kappa shape index (κ2) is 9.20. The molecule has 2 N–H and O–H groups in total. The smallest absolute Gasteiger partial charge is 0.225 e. The average molecular weight is 333 g/mol. The number of nitrogens with one attached hydrogen (secondary N) is 2. The van der Waals surface area contributed by atoms with Gasteiger partial charge in [-0.3, -0.25) is 9.59 Å². The monoisotopic (exact) mass is 333 g/mol. The van der Waals surface area contributed by atoms with Crippen LogP contribution in [-0.4, -0.2) is 47.5 Å². The minimum Gasteiger partial charge on any atom is -0.355 e. The lowest BCUT2D eigenvalue weighted by Gasteiger charge is -2.31. The van der Waals surface area contributed by atoms with Gasteiger partial charge in [-0.15, -0.1) is 0 Å². The second-order valence-electron chi connectivity index (χ2n) is 6.25. The summed E-state index contributed by atoms with van der Waals surface area (Å²) < 4.78 is 0. The molecule has 0 aromatic carbocycles. The Morgan fingerprint density at radius 3 is 2.83 bits per heavy atom. The van der Waals surface area contributed by atoms with Crippen molar-refractivity contribution < 1.29 is 9.59 Å². The van der Waals surface area contributed by atoms with Crippen LogP contribution < -0.4 is 15.5 Å². The molecule has 1 aliphatic heterocycles. The van der Waals surface area contributed by atoms with Crippen LogP contribution in [-0.2, 0) is 9.59 Å². The van der Waals surface area contributed by atoms with E-state index in [1.165, 1.54) is 0 Å². The molecule has 0 aliphatic carbocycles. The summed E-state index contributed by atoms with van der Waals surface area (Å²) in [6.45, 7) is 5.86. The molecule has 1 saturated heterocycles. The van der Waals surface area contributed by atoms with E-state index in [1.807, 2.05) is 18.7 Å². The zero-order valence-corrected chi connectivity index (χ0v) is 14.5. The molecule has 0 radical (unpaired) electrons. The number of hydrogen-bond donors (Lipinski definition) is 2. The van der Waals surface area contributed by atoms with Crippen LogP contribution in [0.4, 0.5) is 5.95 Å². The summed E-state index contributed by atoms with van der Waals surface area (Å²) >= 11 is 0. The van der Waals surface area contributed by atoms with E-state index in [9.17, 15) is 9.59 Å². The summed E-state index contributed by atoms with van der Waals surface area (Å²) in [6.07, 6.45) is 6.43. The third-order valence-corrected chi connectivity index (χ3v) is 4.30. The first-order valence-corrected chi connectivity index (χ1v) is 8.69. The maximum atomic E-state index is 12.3. The van der Waals surface area contributed by atoms with Gasteiger partial charge < -0.3 is 15.5 Å². The molecule has 2 heterocycles. The molecular formula is C17H27N5O2. The van der Waals surface area contributed by atoms with Crippen molar-refractivity contribution in [2.75, 3.05) is 24.5 Å². The first-order chi connectivity index (χ1) is 11.6. The van der Waals surface area contributed by atoms with Crippen molar-refractivity contribution in [1.82, 2.24) is 20.6 Å². The first-order valence-electron chi connectivity index (χ1n) is 8.69. The predicted molar refractivity (Wildman–Crippen MR) is 92.5 cm³/mol. The molecular weight excluding hydrogens is 306 g/mol. The summed E-state index contributed by atoms with van der Waals surface area (Å²) in [5.41, 5.74) is 0. The Morgan fingerprint density at radius 1 is 1.38 bits per heavy atom. The number of rotatable bonds is 7. The van der Waals surface area contributed by atoms with Crippen LogP contribution >= 0.6 is 0 Å². The number of carbonyl (C=O) groups is 2. The number of nitrogens with zero attached hydrogens (tertiary/aromatic N) is 3. The molecule has 0 unspecified atom stereocenters. The molecule has 1 fully saturated rings. The lowest BCUT2D eigenvalue weighted by molar-refractivity contribution is -0.125. The van der Waals surface area contributed by atoms with Crippen LogP contribution in [0.1, 0.15) is 39.5 Å². The quantitative estimate of drug-likeness (QED) is 0.781. The topological polar surface area (TPSA) is 87.2 Å². The Balaban J connectivity index is 1.75. The minimum atomic E-state index is -0.0832. The predicted octanol–water partition coefficient (Wildman–Crippen LogP) is 1.11. The fraction of sp³-hybridized carbons (Fsp3) is 0.647. The van der Waals surface area contributed by atoms with Gasteiger partial charge in [0.2, 0.25) is 17.8 Å². The van der Waals surface area contributed by atoms with E-state index in [0.29, 0.717) is 25.5 Å². The average Bonchev–Trinajstić information content (AvgIpc) is 2.62. The zero-order valence-electron chi connectivity index (χ0n) is 14.5. The van der Waals surface area contributed by atoms with E-state index < -0.39 is 0 Å². The van der Waals surface area contributed by atoms with Crippen LogP contribution in [0.15, 0.2) is 18.5 Å². The Bertz CT molecular complexity index is 537. The van der Waals surface area contributed by atoms with E-state index in [2.05, 4.69) is 20.6 Å². The number of anilines is 1. The highest BCUT2D eigenvalue weighted by Crippen LogP contribution is 2.19. The van der Waals surface area contributed by atoms with Crippen molar-refractivity contribution in [2.45, 2.75) is 45.6 Å². The first kappa shape index (κ1) is 18.2. The molecule has 7 heteroatoms. The third kappa shape index (κ3) is 5.47. The Kier molecular flexibility index (Phi) is 6.96. The number of carbonyl (C=O) groups excluding carboxylic acids is 2. The molecule has 0 saturated carbocycles. The molecule has 2 amide bonds. The Hall–Kier alpha value is -2.18. The maximum absolute atomic E-state index is 12.3. The summed E-state index contributed by atoms with van der Waals surface area (Å²) in [5, 5.41) is 5.78. The van der Waals surface area contributed by atoms with Gasteiger partial charge in [0.25, 0.3) is 0 Å². The van der Waals surface area contributed by atoms with Crippen LogP contribution in [0.3, 0.4) is 0 Å². The van der Waals surface area contributed by atoms with Crippen LogP contribution in [0, 0.1) is 5.92 Å². The highest BCUT2D eigenvalue weighted by molar-refractivity contribution is 5.81. The summed E-state index contributed by atoms with van der Waals surface area (Å²) in [5.74, 6) is 0.572. The van der Waals surface area contributed by atoms with Crippen molar-refractivity contribution in [3.8, 4) is 0 Å². The largest absolute Gasteiger partial charge is 0.355 e. The van der Waals surface area contributed by atoms with Gasteiger partial charge in [0.05, 0.1) is 5.92 Å². The van der Waals surface area contributed by atoms with Gasteiger partial charge in [0, 0.05) is 44.5 Å². The lowest BCUT2D eigenvalue weighted by Crippen LogP contribution is -2.44. The molecule has 0 bridgehead atoms. The highest BCUT2D eigenvalue weighted by Gasteiger charge is 2.26. The van der Waals surface area contributed by atoms with Crippen molar-refractivity contribution >= 4 is 17.8 Å². The van der Waals surface area contributed by atoms with Gasteiger partial charge in [-0.25, -0.2) is 9.97 Å². The number of amides is 2. The maximum Gasteiger partial charge on any atom is 0.225 e. The van der Waals surface area contributed by atoms with E-state index in [1.54, 1.807) is 18.5 Å². The van der Waals surface area contributed by atoms with Crippen LogP contribution in [0.2, 0.25) is 0 Å². The zero-order chi connectivity index (χ0) is 17.4. The molecule has 1 aliphatic rings. The normalized spacial score (nSPS) is 18.8. The summed E-state index contributed by atoms with van der Waals surface area (Å²) in [7, 11) is 0. The number of hydrogen-bond acceptors (Lipinski definition) is 5. The Morgan fingerprint density at radius 2 is 2.12 bits per heavy atom. The van der Waals surface area contributed by atoms with Crippen molar-refractivity contribution in [2.24, 2.45) is 5.92 Å². The van der Waals surface area contributed by atoms with Gasteiger partial charge >= 0.3 is 0 Å². The molecule has 1 aromatic heterocycles. The fourth-order valence-corrected chi connectivity index (χ4v) is 2.72. The van der Waals surface area contributed by atoms with Gasteiger partial charge in [-0.2, -0.15) is 0 Å². The molecule has 1 aromatic rings. The van der Waals surface area contributed by atoms with Crippen molar-refractivity contribution in [1.29, 1.82) is 0 Å². The highest BCUT2D eigenvalue weighted by atomic mass is 16.2. The number of piperidine rings is 1. The molecule has 0 spiro atoms. The van der Waals surface area contributed by atoms with Gasteiger partial charge in [-0.1, -0.05) is 6.92 Å².